The van der Waals surface area contributed by atoms with Gasteiger partial charge in [0.1, 0.15) is 33.9 Å². The standard InChI is InChI=1S/C36H42N10O5.C7H10N2O/c1-4-44-27(15-20(2)43-44)34(49)42-36-41-26-17-22(33(38)48)19-29-31(26)46(36)24(12-8-14-51-29)10-6-5-9-23-11-7-13-50-28-18-21(32(37)47)16-25-30(28)45(23)35(39-3)40-25;1-3-9-7(5-10)4-6(2)8-9/h5-6,15-19,23-24H,4,7-14H2,1-3H3,(H2,37,47)(H2,38,48)(H,39,40)(H,41,42,49);4-5H,3H2,1-2H3/b6-5+;. The second kappa shape index (κ2) is 18.1. The average Bonchev–Trinajstić information content (AvgIpc) is 4.00. The summed E-state index contributed by atoms with van der Waals surface area (Å²) in [5.41, 5.74) is 17.3. The number of benzene rings is 2. The van der Waals surface area contributed by atoms with E-state index in [1.807, 2.05) is 39.3 Å². The lowest BCUT2D eigenvalue weighted by Crippen LogP contribution is -2.22. The van der Waals surface area contributed by atoms with Crippen LogP contribution in [0.15, 0.2) is 48.6 Å². The third kappa shape index (κ3) is 8.69. The van der Waals surface area contributed by atoms with Crippen molar-refractivity contribution in [1.29, 1.82) is 0 Å². The maximum Gasteiger partial charge on any atom is 0.276 e. The Balaban J connectivity index is 0.000000494. The van der Waals surface area contributed by atoms with Crippen LogP contribution in [0.1, 0.15) is 118 Å². The molecule has 4 aromatic heterocycles. The Bertz CT molecular complexity index is 2650. The van der Waals surface area contributed by atoms with Crippen LogP contribution >= 0.6 is 0 Å². The zero-order valence-electron chi connectivity index (χ0n) is 35.1. The van der Waals surface area contributed by atoms with Gasteiger partial charge >= 0.3 is 0 Å². The van der Waals surface area contributed by atoms with Crippen molar-refractivity contribution in [2.24, 2.45) is 11.5 Å². The summed E-state index contributed by atoms with van der Waals surface area (Å²) in [6, 6.07) is 10.2. The van der Waals surface area contributed by atoms with Crippen LogP contribution in [-0.2, 0) is 13.1 Å². The lowest BCUT2D eigenvalue weighted by atomic mass is 10.0. The van der Waals surface area contributed by atoms with E-state index in [0.29, 0.717) is 83.1 Å². The Morgan fingerprint density at radius 2 is 1.26 bits per heavy atom. The average molecular weight is 833 g/mol. The van der Waals surface area contributed by atoms with Gasteiger partial charge in [0.2, 0.25) is 23.7 Å². The van der Waals surface area contributed by atoms with E-state index >= 15 is 0 Å². The molecule has 2 atom stereocenters. The van der Waals surface area contributed by atoms with E-state index in [1.165, 1.54) is 0 Å². The van der Waals surface area contributed by atoms with Crippen LogP contribution in [0.2, 0.25) is 0 Å². The highest BCUT2D eigenvalue weighted by Crippen LogP contribution is 2.40. The zero-order chi connectivity index (χ0) is 43.4. The first kappa shape index (κ1) is 42.2. The summed E-state index contributed by atoms with van der Waals surface area (Å²) in [4.78, 5) is 57.8. The highest BCUT2D eigenvalue weighted by molar-refractivity contribution is 6.04. The van der Waals surface area contributed by atoms with E-state index in [-0.39, 0.29) is 23.6 Å². The summed E-state index contributed by atoms with van der Waals surface area (Å²) in [6.45, 7) is 9.88. The van der Waals surface area contributed by atoms with Gasteiger partial charge in [0, 0.05) is 43.3 Å². The van der Waals surface area contributed by atoms with Gasteiger partial charge in [-0.15, -0.1) is 0 Å². The van der Waals surface area contributed by atoms with Crippen molar-refractivity contribution in [3.63, 3.8) is 0 Å². The summed E-state index contributed by atoms with van der Waals surface area (Å²) < 4.78 is 19.7. The van der Waals surface area contributed by atoms with Gasteiger partial charge in [0.05, 0.1) is 35.6 Å². The molecule has 2 aliphatic rings. The molecule has 0 saturated heterocycles. The molecule has 320 valence electrons. The molecule has 0 saturated carbocycles. The molecule has 18 nitrogen and oxygen atoms in total. The maximum atomic E-state index is 13.6. The molecule has 2 aromatic carbocycles. The van der Waals surface area contributed by atoms with E-state index in [1.54, 1.807) is 45.8 Å². The highest BCUT2D eigenvalue weighted by atomic mass is 16.5. The number of anilines is 2. The number of imidazole rings is 2. The van der Waals surface area contributed by atoms with E-state index in [9.17, 15) is 19.2 Å². The van der Waals surface area contributed by atoms with Gasteiger partial charge in [-0.3, -0.25) is 33.9 Å². The number of nitrogens with zero attached hydrogens (tertiary/aromatic N) is 8. The van der Waals surface area contributed by atoms with Gasteiger partial charge in [0.15, 0.2) is 6.29 Å². The van der Waals surface area contributed by atoms with Gasteiger partial charge < -0.3 is 35.4 Å². The number of nitrogens with one attached hydrogen (secondary N) is 2. The molecule has 0 aliphatic carbocycles. The lowest BCUT2D eigenvalue weighted by molar-refractivity contribution is 0.0991. The van der Waals surface area contributed by atoms with Crippen LogP contribution < -0.4 is 31.6 Å². The number of ether oxygens (including phenoxy) is 2. The van der Waals surface area contributed by atoms with Crippen molar-refractivity contribution >= 4 is 58.0 Å². The van der Waals surface area contributed by atoms with Crippen molar-refractivity contribution in [3.05, 3.63) is 82.5 Å². The molecule has 8 rings (SSSR count). The minimum atomic E-state index is -0.589. The molecule has 2 aliphatic heterocycles. The van der Waals surface area contributed by atoms with Gasteiger partial charge in [-0.2, -0.15) is 10.2 Å². The number of carbonyl (C=O) groups is 4. The molecule has 2 unspecified atom stereocenters. The van der Waals surface area contributed by atoms with E-state index in [0.717, 1.165) is 61.8 Å². The molecule has 6 N–H and O–H groups in total. The molecule has 0 radical (unpaired) electrons. The van der Waals surface area contributed by atoms with Crippen LogP contribution in [0.4, 0.5) is 11.9 Å². The van der Waals surface area contributed by atoms with Crippen molar-refractivity contribution in [3.8, 4) is 11.5 Å². The first-order chi connectivity index (χ1) is 29.4. The number of nitrogens with two attached hydrogens (primary N) is 2. The highest BCUT2D eigenvalue weighted by Gasteiger charge is 2.28. The summed E-state index contributed by atoms with van der Waals surface area (Å²) >= 11 is 0. The Labute approximate surface area is 352 Å². The van der Waals surface area contributed by atoms with Crippen molar-refractivity contribution in [2.45, 2.75) is 91.4 Å². The lowest BCUT2D eigenvalue weighted by Gasteiger charge is -2.25. The molecule has 0 fully saturated rings. The third-order valence-electron chi connectivity index (χ3n) is 10.9. The van der Waals surface area contributed by atoms with Crippen LogP contribution in [-0.4, -0.2) is 82.9 Å². The second-order valence-electron chi connectivity index (χ2n) is 15.1. The summed E-state index contributed by atoms with van der Waals surface area (Å²) in [5.74, 6) is 0.677. The molecule has 18 heteroatoms. The fraction of sp³-hybridized carbons (Fsp3) is 0.395. The Morgan fingerprint density at radius 1 is 0.754 bits per heavy atom. The van der Waals surface area contributed by atoms with E-state index in [2.05, 4.69) is 37.6 Å². The number of aryl methyl sites for hydroxylation is 4. The number of aldehydes is 1. The number of hydrogen-bond acceptors (Lipinski definition) is 11. The second-order valence-corrected chi connectivity index (χ2v) is 15.1. The number of rotatable bonds is 12. The van der Waals surface area contributed by atoms with Crippen molar-refractivity contribution in [2.75, 3.05) is 30.9 Å². The van der Waals surface area contributed by atoms with Crippen molar-refractivity contribution < 1.29 is 28.7 Å². The predicted octanol–water partition coefficient (Wildman–Crippen LogP) is 5.89. The van der Waals surface area contributed by atoms with Gasteiger partial charge in [-0.25, -0.2) is 9.97 Å². The summed E-state index contributed by atoms with van der Waals surface area (Å²) in [7, 11) is 1.83. The van der Waals surface area contributed by atoms with Gasteiger partial charge in [-0.1, -0.05) is 12.2 Å². The number of carbonyl (C=O) groups excluding carboxylic acids is 4. The normalized spacial score (nSPS) is 16.1. The molecule has 61 heavy (non-hydrogen) atoms. The number of aromatic nitrogens is 8. The number of allylic oxidation sites excluding steroid dienone is 2. The monoisotopic (exact) mass is 832 g/mol. The first-order valence-electron chi connectivity index (χ1n) is 20.6. The Kier molecular flexibility index (Phi) is 12.5. The first-order valence-corrected chi connectivity index (χ1v) is 20.6. The fourth-order valence-electron chi connectivity index (χ4n) is 8.13. The van der Waals surface area contributed by atoms with Crippen LogP contribution in [0.25, 0.3) is 22.1 Å². The molecule has 0 bridgehead atoms. The fourth-order valence-corrected chi connectivity index (χ4v) is 8.13. The number of hydrogen-bond donors (Lipinski definition) is 4. The quantitative estimate of drug-likeness (QED) is 0.0838. The number of amides is 3. The van der Waals surface area contributed by atoms with Gasteiger partial charge in [-0.05, 0) is 103 Å². The molecule has 6 aromatic rings. The van der Waals surface area contributed by atoms with Crippen molar-refractivity contribution in [1.82, 2.24) is 38.7 Å². The van der Waals surface area contributed by atoms with Crippen LogP contribution in [0.3, 0.4) is 0 Å². The largest absolute Gasteiger partial charge is 0.491 e. The molecule has 0 spiro atoms. The van der Waals surface area contributed by atoms with E-state index in [4.69, 9.17) is 30.9 Å². The predicted molar refractivity (Wildman–Crippen MR) is 231 cm³/mol. The zero-order valence-corrected chi connectivity index (χ0v) is 35.1. The Hall–Kier alpha value is -6.98. The molecular weight excluding hydrogens is 781 g/mol. The van der Waals surface area contributed by atoms with Crippen LogP contribution in [0, 0.1) is 13.8 Å². The number of primary amides is 2. The summed E-state index contributed by atoms with van der Waals surface area (Å²) in [6.07, 6.45) is 9.78. The SMILES string of the molecule is CCn1nc(C)cc1C(=O)Nc1nc2cc(C(N)=O)cc3c2n1C(C/C=C/CC1CCCOc2cc(C(N)=O)cc4nc(NC)n1c24)CCCO3.CCn1nc(C)cc1C=O. The smallest absolute Gasteiger partial charge is 0.276 e. The van der Waals surface area contributed by atoms with E-state index < -0.39 is 11.8 Å². The molecule has 3 amide bonds. The summed E-state index contributed by atoms with van der Waals surface area (Å²) in [5, 5.41) is 14.8. The third-order valence-corrected chi connectivity index (χ3v) is 10.9. The minimum absolute atomic E-state index is 0.0760. The maximum absolute atomic E-state index is 13.6. The Morgan fingerprint density at radius 3 is 1.75 bits per heavy atom. The van der Waals surface area contributed by atoms with Gasteiger partial charge in [0.25, 0.3) is 5.91 Å². The topological polar surface area (TPSA) is 234 Å². The van der Waals surface area contributed by atoms with Crippen LogP contribution in [0.5, 0.6) is 11.5 Å². The molecule has 6 heterocycles. The minimum Gasteiger partial charge on any atom is -0.491 e. The molecular formula is C43H52N12O6.